The summed E-state index contributed by atoms with van der Waals surface area (Å²) in [7, 11) is 0. The van der Waals surface area contributed by atoms with Gasteiger partial charge in [-0.15, -0.1) is 0 Å². The number of carbonyl (C=O) groups excluding carboxylic acids is 1. The molecular formula is C13H19N3O. The van der Waals surface area contributed by atoms with E-state index in [9.17, 15) is 4.79 Å². The normalized spacial score (nSPS) is 20.6. The zero-order chi connectivity index (χ0) is 12.1. The van der Waals surface area contributed by atoms with E-state index in [2.05, 4.69) is 15.6 Å². The van der Waals surface area contributed by atoms with Gasteiger partial charge in [-0.25, -0.2) is 0 Å². The summed E-state index contributed by atoms with van der Waals surface area (Å²) in [6, 6.07) is 3.86. The molecule has 4 heteroatoms. The van der Waals surface area contributed by atoms with Crippen molar-refractivity contribution in [1.82, 2.24) is 15.6 Å². The predicted molar refractivity (Wildman–Crippen MR) is 66.9 cm³/mol. The number of aryl methyl sites for hydroxylation is 1. The van der Waals surface area contributed by atoms with Crippen LogP contribution in [0.15, 0.2) is 18.3 Å². The molecular weight excluding hydrogens is 214 g/mol. The van der Waals surface area contributed by atoms with Gasteiger partial charge in [0.2, 0.25) is 0 Å². The second kappa shape index (κ2) is 5.77. The molecule has 1 fully saturated rings. The van der Waals surface area contributed by atoms with E-state index in [0.29, 0.717) is 5.56 Å². The minimum absolute atomic E-state index is 0.00991. The third kappa shape index (κ3) is 3.27. The molecule has 92 valence electrons. The maximum Gasteiger partial charge on any atom is 0.253 e. The van der Waals surface area contributed by atoms with Crippen molar-refractivity contribution in [3.8, 4) is 0 Å². The Kier molecular flexibility index (Phi) is 4.09. The first-order valence-electron chi connectivity index (χ1n) is 6.20. The van der Waals surface area contributed by atoms with E-state index < -0.39 is 0 Å². The fourth-order valence-electron chi connectivity index (χ4n) is 2.13. The van der Waals surface area contributed by atoms with Crippen molar-refractivity contribution in [2.24, 2.45) is 0 Å². The minimum Gasteiger partial charge on any atom is -0.348 e. The van der Waals surface area contributed by atoms with Gasteiger partial charge in [-0.05, 0) is 38.4 Å². The van der Waals surface area contributed by atoms with Gasteiger partial charge in [0.25, 0.3) is 5.91 Å². The van der Waals surface area contributed by atoms with Gasteiger partial charge < -0.3 is 10.6 Å². The van der Waals surface area contributed by atoms with Gasteiger partial charge in [0.05, 0.1) is 5.56 Å². The molecule has 1 amide bonds. The van der Waals surface area contributed by atoms with Crippen LogP contribution < -0.4 is 10.6 Å². The van der Waals surface area contributed by atoms with Crippen LogP contribution in [0.1, 0.15) is 35.3 Å². The lowest BCUT2D eigenvalue weighted by Gasteiger charge is -2.16. The quantitative estimate of drug-likeness (QED) is 0.808. The smallest absolute Gasteiger partial charge is 0.253 e. The van der Waals surface area contributed by atoms with Crippen molar-refractivity contribution >= 4 is 5.91 Å². The molecule has 2 heterocycles. The summed E-state index contributed by atoms with van der Waals surface area (Å²) in [6.07, 6.45) is 5.12. The van der Waals surface area contributed by atoms with Crippen molar-refractivity contribution in [3.63, 3.8) is 0 Å². The lowest BCUT2D eigenvalue weighted by atomic mass is 10.1. The summed E-state index contributed by atoms with van der Waals surface area (Å²) in [5, 5.41) is 6.41. The van der Waals surface area contributed by atoms with Crippen LogP contribution in [-0.4, -0.2) is 30.0 Å². The number of nitrogens with one attached hydrogen (secondary N) is 2. The Bertz CT molecular complexity index is 384. The number of amides is 1. The van der Waals surface area contributed by atoms with Crippen LogP contribution in [0.25, 0.3) is 0 Å². The van der Waals surface area contributed by atoms with Gasteiger partial charge in [-0.3, -0.25) is 9.78 Å². The van der Waals surface area contributed by atoms with E-state index >= 15 is 0 Å². The Morgan fingerprint density at radius 2 is 2.41 bits per heavy atom. The molecule has 0 bridgehead atoms. The monoisotopic (exact) mass is 233 g/mol. The highest BCUT2D eigenvalue weighted by atomic mass is 16.1. The highest BCUT2D eigenvalue weighted by Crippen LogP contribution is 2.07. The van der Waals surface area contributed by atoms with Gasteiger partial charge in [0.15, 0.2) is 0 Å². The lowest BCUT2D eigenvalue weighted by molar-refractivity contribution is 0.0934. The highest BCUT2D eigenvalue weighted by Gasteiger charge is 2.16. The first-order chi connectivity index (χ1) is 8.27. The first kappa shape index (κ1) is 12.0. The molecule has 2 N–H and O–H groups in total. The summed E-state index contributed by atoms with van der Waals surface area (Å²) >= 11 is 0. The van der Waals surface area contributed by atoms with Crippen molar-refractivity contribution in [2.45, 2.75) is 32.2 Å². The lowest BCUT2D eigenvalue weighted by Crippen LogP contribution is -2.41. The van der Waals surface area contributed by atoms with Crippen LogP contribution >= 0.6 is 0 Å². The van der Waals surface area contributed by atoms with Crippen LogP contribution in [0.3, 0.4) is 0 Å². The van der Waals surface area contributed by atoms with Crippen LogP contribution in [0, 0.1) is 6.92 Å². The molecule has 1 unspecified atom stereocenters. The van der Waals surface area contributed by atoms with Gasteiger partial charge in [0.1, 0.15) is 0 Å². The van der Waals surface area contributed by atoms with Crippen molar-refractivity contribution < 1.29 is 4.79 Å². The molecule has 1 aliphatic rings. The second-order valence-corrected chi connectivity index (χ2v) is 4.51. The van der Waals surface area contributed by atoms with E-state index in [0.717, 1.165) is 25.2 Å². The van der Waals surface area contributed by atoms with Gasteiger partial charge in [-0.2, -0.15) is 0 Å². The van der Waals surface area contributed by atoms with Crippen LogP contribution in [-0.2, 0) is 0 Å². The molecule has 2 rings (SSSR count). The number of pyridine rings is 1. The van der Waals surface area contributed by atoms with Crippen molar-refractivity contribution in [2.75, 3.05) is 13.1 Å². The SMILES string of the molecule is Cc1ncccc1C(=O)NC1CCCCNC1. The first-order valence-corrected chi connectivity index (χ1v) is 6.20. The molecule has 0 spiro atoms. The number of rotatable bonds is 2. The third-order valence-electron chi connectivity index (χ3n) is 3.13. The maximum atomic E-state index is 12.1. The molecule has 1 aliphatic heterocycles. The fraction of sp³-hybridized carbons (Fsp3) is 0.538. The zero-order valence-electron chi connectivity index (χ0n) is 10.2. The number of nitrogens with zero attached hydrogens (tertiary/aromatic N) is 1. The minimum atomic E-state index is -0.00991. The summed E-state index contributed by atoms with van der Waals surface area (Å²) < 4.78 is 0. The molecule has 0 aromatic carbocycles. The van der Waals surface area contributed by atoms with Crippen LogP contribution in [0.4, 0.5) is 0 Å². The molecule has 1 atom stereocenters. The number of carbonyl (C=O) groups is 1. The van der Waals surface area contributed by atoms with Gasteiger partial charge in [-0.1, -0.05) is 6.42 Å². The number of hydrogen-bond acceptors (Lipinski definition) is 3. The van der Waals surface area contributed by atoms with E-state index in [1.165, 1.54) is 12.8 Å². The van der Waals surface area contributed by atoms with Crippen molar-refractivity contribution in [1.29, 1.82) is 0 Å². The predicted octanol–water partition coefficient (Wildman–Crippen LogP) is 1.26. The standard InChI is InChI=1S/C13H19N3O/c1-10-12(6-4-8-15-10)13(17)16-11-5-2-3-7-14-9-11/h4,6,8,11,14H,2-3,5,7,9H2,1H3,(H,16,17). The average molecular weight is 233 g/mol. The molecule has 17 heavy (non-hydrogen) atoms. The van der Waals surface area contributed by atoms with Gasteiger partial charge in [0, 0.05) is 24.5 Å². The molecule has 4 nitrogen and oxygen atoms in total. The zero-order valence-corrected chi connectivity index (χ0v) is 10.2. The molecule has 1 saturated heterocycles. The average Bonchev–Trinajstić information content (AvgIpc) is 2.58. The van der Waals surface area contributed by atoms with Gasteiger partial charge >= 0.3 is 0 Å². The topological polar surface area (TPSA) is 54.0 Å². The summed E-state index contributed by atoms with van der Waals surface area (Å²) in [4.78, 5) is 16.2. The fourth-order valence-corrected chi connectivity index (χ4v) is 2.13. The van der Waals surface area contributed by atoms with E-state index in [1.54, 1.807) is 12.3 Å². The van der Waals surface area contributed by atoms with Crippen molar-refractivity contribution in [3.05, 3.63) is 29.6 Å². The Labute approximate surface area is 102 Å². The van der Waals surface area contributed by atoms with E-state index in [4.69, 9.17) is 0 Å². The Hall–Kier alpha value is -1.42. The van der Waals surface area contributed by atoms with Crippen LogP contribution in [0.2, 0.25) is 0 Å². The molecule has 0 saturated carbocycles. The molecule has 0 radical (unpaired) electrons. The molecule has 0 aliphatic carbocycles. The highest BCUT2D eigenvalue weighted by molar-refractivity contribution is 5.95. The Balaban J connectivity index is 1.98. The maximum absolute atomic E-state index is 12.1. The largest absolute Gasteiger partial charge is 0.348 e. The number of hydrogen-bond donors (Lipinski definition) is 2. The van der Waals surface area contributed by atoms with E-state index in [1.807, 2.05) is 13.0 Å². The summed E-state index contributed by atoms with van der Waals surface area (Å²) in [5.74, 6) is -0.00991. The van der Waals surface area contributed by atoms with Crippen LogP contribution in [0.5, 0.6) is 0 Å². The Morgan fingerprint density at radius 3 is 3.24 bits per heavy atom. The Morgan fingerprint density at radius 1 is 1.53 bits per heavy atom. The number of aromatic nitrogens is 1. The summed E-state index contributed by atoms with van der Waals surface area (Å²) in [5.41, 5.74) is 1.46. The molecule has 1 aromatic heterocycles. The van der Waals surface area contributed by atoms with E-state index in [-0.39, 0.29) is 11.9 Å². The molecule has 1 aromatic rings. The summed E-state index contributed by atoms with van der Waals surface area (Å²) in [6.45, 7) is 3.78. The third-order valence-corrected chi connectivity index (χ3v) is 3.13. The second-order valence-electron chi connectivity index (χ2n) is 4.51.